The van der Waals surface area contributed by atoms with Crippen LogP contribution in [-0.4, -0.2) is 10.7 Å². The van der Waals surface area contributed by atoms with Crippen molar-refractivity contribution in [2.24, 2.45) is 0 Å². The third-order valence-corrected chi connectivity index (χ3v) is 3.50. The lowest BCUT2D eigenvalue weighted by atomic mass is 10.1. The van der Waals surface area contributed by atoms with E-state index in [0.29, 0.717) is 5.56 Å². The molecule has 1 aromatic heterocycles. The molecule has 1 aromatic carbocycles. The summed E-state index contributed by atoms with van der Waals surface area (Å²) in [6.45, 7) is 4.03. The Morgan fingerprint density at radius 3 is 2.61 bits per heavy atom. The standard InChI is InChI=1S/C15H14N2S/c1-3-18-15-13(10-16)11(2)9-14(17-15)12-7-5-4-6-8-12/h4-9H,3H2,1-2H3. The van der Waals surface area contributed by atoms with Crippen LogP contribution in [0.3, 0.4) is 0 Å². The summed E-state index contributed by atoms with van der Waals surface area (Å²) in [4.78, 5) is 4.60. The zero-order chi connectivity index (χ0) is 13.0. The number of aromatic nitrogens is 1. The second-order valence-electron chi connectivity index (χ2n) is 3.92. The average molecular weight is 254 g/mol. The number of rotatable bonds is 3. The minimum Gasteiger partial charge on any atom is -0.240 e. The van der Waals surface area contributed by atoms with Gasteiger partial charge in [-0.3, -0.25) is 0 Å². The van der Waals surface area contributed by atoms with Crippen LogP contribution in [0.15, 0.2) is 41.4 Å². The average Bonchev–Trinajstić information content (AvgIpc) is 2.40. The van der Waals surface area contributed by atoms with Crippen LogP contribution in [0.5, 0.6) is 0 Å². The summed E-state index contributed by atoms with van der Waals surface area (Å²) in [6, 6.07) is 14.3. The Balaban J connectivity index is 2.55. The van der Waals surface area contributed by atoms with Gasteiger partial charge >= 0.3 is 0 Å². The van der Waals surface area contributed by atoms with Crippen molar-refractivity contribution in [3.8, 4) is 17.3 Å². The van der Waals surface area contributed by atoms with E-state index in [1.54, 1.807) is 11.8 Å². The van der Waals surface area contributed by atoms with E-state index in [2.05, 4.69) is 18.0 Å². The molecule has 0 aliphatic carbocycles. The normalized spacial score (nSPS) is 10.1. The molecule has 0 unspecified atom stereocenters. The van der Waals surface area contributed by atoms with Gasteiger partial charge in [0.25, 0.3) is 0 Å². The molecule has 0 saturated carbocycles. The lowest BCUT2D eigenvalue weighted by Crippen LogP contribution is -1.95. The second-order valence-corrected chi connectivity index (χ2v) is 5.17. The Morgan fingerprint density at radius 2 is 2.00 bits per heavy atom. The van der Waals surface area contributed by atoms with Crippen LogP contribution in [0.2, 0.25) is 0 Å². The molecule has 0 spiro atoms. The summed E-state index contributed by atoms with van der Waals surface area (Å²) in [5, 5.41) is 10.0. The van der Waals surface area contributed by atoms with Crippen molar-refractivity contribution in [3.63, 3.8) is 0 Å². The van der Waals surface area contributed by atoms with Gasteiger partial charge in [-0.2, -0.15) is 5.26 Å². The van der Waals surface area contributed by atoms with Crippen molar-refractivity contribution in [2.75, 3.05) is 5.75 Å². The van der Waals surface area contributed by atoms with Crippen LogP contribution in [0.4, 0.5) is 0 Å². The highest BCUT2D eigenvalue weighted by Gasteiger charge is 2.10. The van der Waals surface area contributed by atoms with Crippen molar-refractivity contribution >= 4 is 11.8 Å². The Hall–Kier alpha value is -1.79. The van der Waals surface area contributed by atoms with Gasteiger partial charge in [-0.25, -0.2) is 4.98 Å². The van der Waals surface area contributed by atoms with E-state index in [9.17, 15) is 5.26 Å². The molecule has 3 heteroatoms. The Labute approximate surface area is 112 Å². The third kappa shape index (κ3) is 2.55. The number of pyridine rings is 1. The molecule has 0 amide bonds. The molecule has 2 aromatic rings. The summed E-state index contributed by atoms with van der Waals surface area (Å²) in [6.07, 6.45) is 0. The molecule has 0 fully saturated rings. The summed E-state index contributed by atoms with van der Waals surface area (Å²) < 4.78 is 0. The number of aryl methyl sites for hydroxylation is 1. The summed E-state index contributed by atoms with van der Waals surface area (Å²) in [5.41, 5.74) is 3.70. The predicted octanol–water partition coefficient (Wildman–Crippen LogP) is 4.04. The highest BCUT2D eigenvalue weighted by molar-refractivity contribution is 7.99. The minimum atomic E-state index is 0.696. The highest BCUT2D eigenvalue weighted by atomic mass is 32.2. The maximum atomic E-state index is 9.18. The molecule has 0 bridgehead atoms. The molecule has 2 nitrogen and oxygen atoms in total. The molecular formula is C15H14N2S. The first-order valence-corrected chi connectivity index (χ1v) is 6.84. The van der Waals surface area contributed by atoms with Crippen LogP contribution in [0, 0.1) is 18.3 Å². The van der Waals surface area contributed by atoms with Crippen molar-refractivity contribution in [3.05, 3.63) is 47.5 Å². The molecule has 0 aliphatic heterocycles. The summed E-state index contributed by atoms with van der Waals surface area (Å²) in [5.74, 6) is 0.916. The molecule has 0 aliphatic rings. The van der Waals surface area contributed by atoms with E-state index in [4.69, 9.17) is 0 Å². The van der Waals surface area contributed by atoms with Gasteiger partial charge in [0.2, 0.25) is 0 Å². The molecule has 1 heterocycles. The lowest BCUT2D eigenvalue weighted by Gasteiger charge is -2.08. The zero-order valence-electron chi connectivity index (χ0n) is 10.5. The summed E-state index contributed by atoms with van der Waals surface area (Å²) >= 11 is 1.62. The maximum Gasteiger partial charge on any atom is 0.115 e. The van der Waals surface area contributed by atoms with Gasteiger partial charge in [-0.15, -0.1) is 11.8 Å². The predicted molar refractivity (Wildman–Crippen MR) is 75.5 cm³/mol. The molecular weight excluding hydrogens is 240 g/mol. The van der Waals surface area contributed by atoms with Gasteiger partial charge in [-0.1, -0.05) is 37.3 Å². The van der Waals surface area contributed by atoms with Gasteiger partial charge in [0.1, 0.15) is 11.1 Å². The molecule has 0 radical (unpaired) electrons. The Kier molecular flexibility index (Phi) is 4.01. The van der Waals surface area contributed by atoms with Crippen molar-refractivity contribution in [1.29, 1.82) is 5.26 Å². The third-order valence-electron chi connectivity index (χ3n) is 2.65. The smallest absolute Gasteiger partial charge is 0.115 e. The van der Waals surface area contributed by atoms with Crippen LogP contribution in [0.25, 0.3) is 11.3 Å². The van der Waals surface area contributed by atoms with Gasteiger partial charge in [0.05, 0.1) is 11.3 Å². The minimum absolute atomic E-state index is 0.696. The van der Waals surface area contributed by atoms with Gasteiger partial charge in [0.15, 0.2) is 0 Å². The van der Waals surface area contributed by atoms with Crippen LogP contribution < -0.4 is 0 Å². The molecule has 0 atom stereocenters. The molecule has 90 valence electrons. The number of nitrogens with zero attached hydrogens (tertiary/aromatic N) is 2. The van der Waals surface area contributed by atoms with Crippen LogP contribution in [0.1, 0.15) is 18.1 Å². The van der Waals surface area contributed by atoms with E-state index >= 15 is 0 Å². The van der Waals surface area contributed by atoms with E-state index in [1.165, 1.54) is 0 Å². The maximum absolute atomic E-state index is 9.18. The number of benzene rings is 1. The SMILES string of the molecule is CCSc1nc(-c2ccccc2)cc(C)c1C#N. The zero-order valence-corrected chi connectivity index (χ0v) is 11.3. The quantitative estimate of drug-likeness (QED) is 0.776. The monoisotopic (exact) mass is 254 g/mol. The van der Waals surface area contributed by atoms with E-state index < -0.39 is 0 Å². The fraction of sp³-hybridized carbons (Fsp3) is 0.200. The second kappa shape index (κ2) is 5.70. The highest BCUT2D eigenvalue weighted by Crippen LogP contribution is 2.27. The van der Waals surface area contributed by atoms with Crippen molar-refractivity contribution < 1.29 is 0 Å². The molecule has 0 N–H and O–H groups in total. The number of nitriles is 1. The van der Waals surface area contributed by atoms with Gasteiger partial charge < -0.3 is 0 Å². The summed E-state index contributed by atoms with van der Waals surface area (Å²) in [7, 11) is 0. The molecule has 0 saturated heterocycles. The van der Waals surface area contributed by atoms with Gasteiger partial charge in [0, 0.05) is 5.56 Å². The number of thioether (sulfide) groups is 1. The number of hydrogen-bond donors (Lipinski definition) is 0. The topological polar surface area (TPSA) is 36.7 Å². The number of hydrogen-bond acceptors (Lipinski definition) is 3. The first-order valence-electron chi connectivity index (χ1n) is 5.86. The first kappa shape index (κ1) is 12.7. The van der Waals surface area contributed by atoms with E-state index in [-0.39, 0.29) is 0 Å². The van der Waals surface area contributed by atoms with Crippen molar-refractivity contribution in [2.45, 2.75) is 18.9 Å². The largest absolute Gasteiger partial charge is 0.240 e. The lowest BCUT2D eigenvalue weighted by molar-refractivity contribution is 1.09. The van der Waals surface area contributed by atoms with Crippen LogP contribution in [-0.2, 0) is 0 Å². The fourth-order valence-corrected chi connectivity index (χ4v) is 2.56. The molecule has 2 rings (SSSR count). The fourth-order valence-electron chi connectivity index (χ4n) is 1.78. The first-order chi connectivity index (χ1) is 8.76. The Bertz CT molecular complexity index is 585. The Morgan fingerprint density at radius 1 is 1.28 bits per heavy atom. The van der Waals surface area contributed by atoms with Crippen molar-refractivity contribution in [1.82, 2.24) is 4.98 Å². The van der Waals surface area contributed by atoms with E-state index in [1.807, 2.05) is 43.3 Å². The van der Waals surface area contributed by atoms with Gasteiger partial charge in [-0.05, 0) is 24.3 Å². The van der Waals surface area contributed by atoms with Crippen LogP contribution >= 0.6 is 11.8 Å². The van der Waals surface area contributed by atoms with E-state index in [0.717, 1.165) is 27.6 Å². The molecule has 18 heavy (non-hydrogen) atoms.